The van der Waals surface area contributed by atoms with E-state index in [1.165, 1.54) is 6.33 Å². The second-order valence-electron chi connectivity index (χ2n) is 5.71. The molecule has 7 nitrogen and oxygen atoms in total. The molecule has 1 aliphatic rings. The van der Waals surface area contributed by atoms with E-state index in [1.54, 1.807) is 19.5 Å². The fraction of sp³-hybridized carbons (Fsp3) is 0.438. The molecule has 3 heterocycles. The van der Waals surface area contributed by atoms with E-state index in [4.69, 9.17) is 4.74 Å². The van der Waals surface area contributed by atoms with Crippen LogP contribution in [0.3, 0.4) is 0 Å². The van der Waals surface area contributed by atoms with Gasteiger partial charge in [0.2, 0.25) is 0 Å². The summed E-state index contributed by atoms with van der Waals surface area (Å²) >= 11 is 0. The minimum Gasteiger partial charge on any atom is -0.380 e. The third-order valence-electron chi connectivity index (χ3n) is 4.25. The van der Waals surface area contributed by atoms with E-state index in [-0.39, 0.29) is 18.1 Å². The summed E-state index contributed by atoms with van der Waals surface area (Å²) in [5, 5.41) is 3.00. The van der Waals surface area contributed by atoms with Gasteiger partial charge >= 0.3 is 0 Å². The lowest BCUT2D eigenvalue weighted by molar-refractivity contribution is 0.0941. The highest BCUT2D eigenvalue weighted by Crippen LogP contribution is 2.24. The molecule has 2 N–H and O–H groups in total. The van der Waals surface area contributed by atoms with Gasteiger partial charge in [0.1, 0.15) is 17.8 Å². The van der Waals surface area contributed by atoms with Crippen LogP contribution in [-0.4, -0.2) is 53.2 Å². The molecule has 7 heteroatoms. The Kier molecular flexibility index (Phi) is 4.57. The summed E-state index contributed by atoms with van der Waals surface area (Å²) in [6.07, 6.45) is 6.02. The van der Waals surface area contributed by atoms with Crippen molar-refractivity contribution in [3.05, 3.63) is 42.1 Å². The van der Waals surface area contributed by atoms with E-state index in [0.29, 0.717) is 12.2 Å². The number of nitrogens with zero attached hydrogens (tertiary/aromatic N) is 3. The number of aromatic nitrogens is 3. The normalized spacial score (nSPS) is 20.7. The molecule has 2 atom stereocenters. The topological polar surface area (TPSA) is 83.1 Å². The lowest BCUT2D eigenvalue weighted by Crippen LogP contribution is -2.40. The highest BCUT2D eigenvalue weighted by atomic mass is 16.5. The fourth-order valence-electron chi connectivity index (χ4n) is 2.96. The second kappa shape index (κ2) is 6.78. The van der Waals surface area contributed by atoms with Crippen molar-refractivity contribution in [2.75, 3.05) is 25.1 Å². The van der Waals surface area contributed by atoms with Crippen LogP contribution in [0.25, 0.3) is 0 Å². The number of nitrogens with one attached hydrogen (secondary N) is 2. The van der Waals surface area contributed by atoms with Crippen LogP contribution in [0, 0.1) is 6.92 Å². The predicted octanol–water partition coefficient (Wildman–Crippen LogP) is 1.14. The Morgan fingerprint density at radius 1 is 1.52 bits per heavy atom. The van der Waals surface area contributed by atoms with Gasteiger partial charge in [0.15, 0.2) is 0 Å². The lowest BCUT2D eigenvalue weighted by atomic mass is 10.2. The Bertz CT molecular complexity index is 658. The van der Waals surface area contributed by atoms with Gasteiger partial charge in [-0.25, -0.2) is 9.97 Å². The largest absolute Gasteiger partial charge is 0.380 e. The van der Waals surface area contributed by atoms with Gasteiger partial charge in [-0.3, -0.25) is 4.79 Å². The Balaban J connectivity index is 1.67. The highest BCUT2D eigenvalue weighted by Gasteiger charge is 2.33. The summed E-state index contributed by atoms with van der Waals surface area (Å²) in [4.78, 5) is 25.7. The van der Waals surface area contributed by atoms with Gasteiger partial charge in [-0.2, -0.15) is 0 Å². The number of H-pyrrole nitrogens is 1. The monoisotopic (exact) mass is 315 g/mol. The minimum absolute atomic E-state index is 0.0870. The molecule has 1 amide bonds. The van der Waals surface area contributed by atoms with Crippen molar-refractivity contribution in [2.24, 2.45) is 0 Å². The van der Waals surface area contributed by atoms with Crippen LogP contribution in [0.4, 0.5) is 5.82 Å². The molecule has 0 unspecified atom stereocenters. The number of anilines is 1. The first kappa shape index (κ1) is 15.5. The molecule has 122 valence electrons. The number of aromatic amines is 1. The van der Waals surface area contributed by atoms with E-state index < -0.39 is 0 Å². The first-order valence-corrected chi connectivity index (χ1v) is 7.66. The van der Waals surface area contributed by atoms with Gasteiger partial charge in [-0.15, -0.1) is 0 Å². The van der Waals surface area contributed by atoms with Crippen molar-refractivity contribution < 1.29 is 9.53 Å². The number of carbonyl (C=O) groups excluding carboxylic acids is 1. The molecule has 0 aliphatic carbocycles. The van der Waals surface area contributed by atoms with Gasteiger partial charge in [0, 0.05) is 32.6 Å². The van der Waals surface area contributed by atoms with Crippen molar-refractivity contribution in [3.8, 4) is 0 Å². The quantitative estimate of drug-likeness (QED) is 0.864. The number of hydrogen-bond donors (Lipinski definition) is 2. The van der Waals surface area contributed by atoms with Crippen LogP contribution >= 0.6 is 0 Å². The zero-order valence-corrected chi connectivity index (χ0v) is 13.3. The Morgan fingerprint density at radius 2 is 2.39 bits per heavy atom. The predicted molar refractivity (Wildman–Crippen MR) is 86.4 cm³/mol. The van der Waals surface area contributed by atoms with E-state index >= 15 is 0 Å². The molecule has 0 saturated carbocycles. The molecule has 0 bridgehead atoms. The number of aryl methyl sites for hydroxylation is 1. The smallest absolute Gasteiger partial charge is 0.268 e. The molecular formula is C16H21N5O2. The number of carbonyl (C=O) groups is 1. The minimum atomic E-state index is -0.0870. The van der Waals surface area contributed by atoms with Gasteiger partial charge in [0.25, 0.3) is 5.91 Å². The molecule has 1 fully saturated rings. The average Bonchev–Trinajstić information content (AvgIpc) is 3.19. The molecule has 2 aromatic rings. The van der Waals surface area contributed by atoms with Crippen LogP contribution in [0.1, 0.15) is 22.5 Å². The van der Waals surface area contributed by atoms with Crippen LogP contribution in [0.2, 0.25) is 0 Å². The maximum atomic E-state index is 12.3. The standard InChI is InChI=1S/C16H21N5O2/c1-11-3-6-18-15(11)16(22)19-8-12-7-13(23-2)9-21(12)14-4-5-17-10-20-14/h3-6,10,12-13,18H,7-9H2,1-2H3,(H,19,22)/t12-,13-/m1/s1. The van der Waals surface area contributed by atoms with Gasteiger partial charge in [0.05, 0.1) is 12.1 Å². The zero-order valence-electron chi connectivity index (χ0n) is 13.3. The highest BCUT2D eigenvalue weighted by molar-refractivity contribution is 5.93. The van der Waals surface area contributed by atoms with Gasteiger partial charge in [-0.1, -0.05) is 0 Å². The third-order valence-corrected chi connectivity index (χ3v) is 4.25. The molecule has 2 aromatic heterocycles. The van der Waals surface area contributed by atoms with Crippen LogP contribution in [-0.2, 0) is 4.74 Å². The summed E-state index contributed by atoms with van der Waals surface area (Å²) in [5.41, 5.74) is 1.55. The summed E-state index contributed by atoms with van der Waals surface area (Å²) in [7, 11) is 1.71. The molecule has 0 spiro atoms. The first-order valence-electron chi connectivity index (χ1n) is 7.66. The van der Waals surface area contributed by atoms with Crippen LogP contribution in [0.5, 0.6) is 0 Å². The second-order valence-corrected chi connectivity index (χ2v) is 5.71. The summed E-state index contributed by atoms with van der Waals surface area (Å²) < 4.78 is 5.49. The van der Waals surface area contributed by atoms with Gasteiger partial charge < -0.3 is 19.9 Å². The average molecular weight is 315 g/mol. The van der Waals surface area contributed by atoms with E-state index in [2.05, 4.69) is 25.2 Å². The number of rotatable bonds is 5. The Morgan fingerprint density at radius 3 is 3.04 bits per heavy atom. The fourth-order valence-corrected chi connectivity index (χ4v) is 2.96. The summed E-state index contributed by atoms with van der Waals surface area (Å²) in [6, 6.07) is 3.91. The molecule has 0 radical (unpaired) electrons. The number of ether oxygens (including phenoxy) is 1. The maximum Gasteiger partial charge on any atom is 0.268 e. The Labute approximate surface area is 135 Å². The van der Waals surface area contributed by atoms with Crippen molar-refractivity contribution in [3.63, 3.8) is 0 Å². The van der Waals surface area contributed by atoms with E-state index in [9.17, 15) is 4.79 Å². The maximum absolute atomic E-state index is 12.3. The van der Waals surface area contributed by atoms with E-state index in [1.807, 2.05) is 19.1 Å². The van der Waals surface area contributed by atoms with Crippen molar-refractivity contribution in [1.29, 1.82) is 0 Å². The number of amides is 1. The van der Waals surface area contributed by atoms with Crippen molar-refractivity contribution in [1.82, 2.24) is 20.3 Å². The number of hydrogen-bond acceptors (Lipinski definition) is 5. The molecule has 1 aliphatic heterocycles. The van der Waals surface area contributed by atoms with E-state index in [0.717, 1.165) is 24.3 Å². The Hall–Kier alpha value is -2.41. The molecule has 0 aromatic carbocycles. The van der Waals surface area contributed by atoms with Crippen molar-refractivity contribution in [2.45, 2.75) is 25.5 Å². The van der Waals surface area contributed by atoms with Crippen LogP contribution in [0.15, 0.2) is 30.9 Å². The molecule has 1 saturated heterocycles. The summed E-state index contributed by atoms with van der Waals surface area (Å²) in [5.74, 6) is 0.769. The summed E-state index contributed by atoms with van der Waals surface area (Å²) in [6.45, 7) is 3.21. The molecule has 23 heavy (non-hydrogen) atoms. The van der Waals surface area contributed by atoms with Crippen LogP contribution < -0.4 is 10.2 Å². The molecular weight excluding hydrogens is 294 g/mol. The zero-order chi connectivity index (χ0) is 16.2. The van der Waals surface area contributed by atoms with Gasteiger partial charge in [-0.05, 0) is 31.0 Å². The third kappa shape index (κ3) is 3.34. The van der Waals surface area contributed by atoms with Crippen molar-refractivity contribution >= 4 is 11.7 Å². The first-order chi connectivity index (χ1) is 11.2. The molecule has 3 rings (SSSR count). The number of methoxy groups -OCH3 is 1. The SMILES string of the molecule is CO[C@@H]1C[C@H](CNC(=O)c2[nH]ccc2C)N(c2ccncn2)C1. The lowest BCUT2D eigenvalue weighted by Gasteiger charge is -2.25.